The Morgan fingerprint density at radius 3 is 2.46 bits per heavy atom. The van der Waals surface area contributed by atoms with Crippen LogP contribution in [-0.2, 0) is 4.79 Å². The molecule has 1 aromatic heterocycles. The van der Waals surface area contributed by atoms with E-state index < -0.39 is 0 Å². The highest BCUT2D eigenvalue weighted by Gasteiger charge is 2.23. The maximum absolute atomic E-state index is 12.2. The number of amides is 3. The van der Waals surface area contributed by atoms with Gasteiger partial charge >= 0.3 is 6.03 Å². The lowest BCUT2D eigenvalue weighted by Gasteiger charge is -2.35. The number of anilines is 5. The largest absolute Gasteiger partial charge is 0.457 e. The van der Waals surface area contributed by atoms with Crippen LogP contribution in [0, 0.1) is 0 Å². The van der Waals surface area contributed by atoms with Crippen LogP contribution in [0.5, 0.6) is 11.5 Å². The molecule has 1 saturated heterocycles. The van der Waals surface area contributed by atoms with E-state index in [-0.39, 0.29) is 18.0 Å². The number of piperazine rings is 1. The van der Waals surface area contributed by atoms with Gasteiger partial charge in [-0.3, -0.25) is 4.79 Å². The van der Waals surface area contributed by atoms with Gasteiger partial charge in [0.05, 0.1) is 22.1 Å². The fourth-order valence-corrected chi connectivity index (χ4v) is 4.71. The number of carbonyl (C=O) groups excluding carboxylic acids is 2. The molecule has 0 unspecified atom stereocenters. The predicted molar refractivity (Wildman–Crippen MR) is 164 cm³/mol. The van der Waals surface area contributed by atoms with Crippen molar-refractivity contribution in [1.29, 1.82) is 0 Å². The Balaban J connectivity index is 1.28. The average Bonchev–Trinajstić information content (AvgIpc) is 3.79. The number of hydrogen-bond acceptors (Lipinski definition) is 7. The first-order chi connectivity index (χ1) is 19.9. The first-order valence-corrected chi connectivity index (χ1v) is 14.1. The van der Waals surface area contributed by atoms with Crippen molar-refractivity contribution in [3.8, 4) is 11.5 Å². The third-order valence-corrected chi connectivity index (χ3v) is 7.27. The van der Waals surface area contributed by atoms with E-state index in [1.54, 1.807) is 36.5 Å². The maximum atomic E-state index is 12.2. The molecule has 2 heterocycles. The molecule has 1 saturated carbocycles. The van der Waals surface area contributed by atoms with Crippen molar-refractivity contribution < 1.29 is 14.3 Å². The van der Waals surface area contributed by atoms with E-state index in [4.69, 9.17) is 16.3 Å². The fraction of sp³-hybridized carbons (Fsp3) is 0.300. The third kappa shape index (κ3) is 7.68. The summed E-state index contributed by atoms with van der Waals surface area (Å²) in [6.45, 7) is 10.6. The van der Waals surface area contributed by atoms with E-state index in [0.717, 1.165) is 51.3 Å². The number of benzene rings is 2. The molecule has 2 fully saturated rings. The molecule has 0 radical (unpaired) electrons. The zero-order chi connectivity index (χ0) is 28.8. The van der Waals surface area contributed by atoms with Crippen molar-refractivity contribution in [2.45, 2.75) is 25.8 Å². The van der Waals surface area contributed by atoms with Crippen molar-refractivity contribution >= 4 is 52.1 Å². The molecule has 2 aliphatic rings. The summed E-state index contributed by atoms with van der Waals surface area (Å²) >= 11 is 6.39. The number of carbonyl (C=O) groups is 2. The number of nitrogens with zero attached hydrogens (tertiary/aromatic N) is 3. The number of nitrogens with one attached hydrogen (secondary N) is 4. The zero-order valence-electron chi connectivity index (χ0n) is 23.0. The second-order valence-corrected chi connectivity index (χ2v) is 10.4. The highest BCUT2D eigenvalue weighted by molar-refractivity contribution is 6.33. The molecule has 10 nitrogen and oxygen atoms in total. The van der Waals surface area contributed by atoms with Gasteiger partial charge in [-0.05, 0) is 61.9 Å². The molecule has 0 atom stereocenters. The lowest BCUT2D eigenvalue weighted by atomic mass is 10.2. The van der Waals surface area contributed by atoms with Crippen molar-refractivity contribution in [1.82, 2.24) is 15.2 Å². The molecule has 5 rings (SSSR count). The van der Waals surface area contributed by atoms with Gasteiger partial charge in [0.2, 0.25) is 5.91 Å². The molecule has 41 heavy (non-hydrogen) atoms. The monoisotopic (exact) mass is 575 g/mol. The Morgan fingerprint density at radius 2 is 1.76 bits per heavy atom. The molecule has 2 aromatic carbocycles. The molecular weight excluding hydrogens is 542 g/mol. The summed E-state index contributed by atoms with van der Waals surface area (Å²) in [5, 5.41) is 12.2. The van der Waals surface area contributed by atoms with Crippen LogP contribution in [0.4, 0.5) is 33.4 Å². The van der Waals surface area contributed by atoms with Gasteiger partial charge in [-0.1, -0.05) is 25.1 Å². The highest BCUT2D eigenvalue weighted by atomic mass is 35.5. The van der Waals surface area contributed by atoms with Crippen molar-refractivity contribution in [2.24, 2.45) is 0 Å². The highest BCUT2D eigenvalue weighted by Crippen LogP contribution is 2.33. The second-order valence-electron chi connectivity index (χ2n) is 9.96. The standard InChI is InChI=1S/C30H34ClN7O3/c1-3-29(39)35-27-17-21(38-15-13-37(4-2)14-16-38)7-9-26(27)34-28-19-23(11-12-32-28)41-22-8-10-25(24(31)18-22)36-30(40)33-20-5-6-20/h3,7-12,17-20H,1,4-6,13-16H2,2H3,(H,32,34)(H,35,39)(H2,33,36,40). The summed E-state index contributed by atoms with van der Waals surface area (Å²) in [5.41, 5.74) is 2.84. The number of hydrogen-bond donors (Lipinski definition) is 4. The minimum absolute atomic E-state index is 0.250. The van der Waals surface area contributed by atoms with E-state index >= 15 is 0 Å². The van der Waals surface area contributed by atoms with Crippen LogP contribution in [0.2, 0.25) is 5.02 Å². The fourth-order valence-electron chi connectivity index (χ4n) is 4.50. The number of rotatable bonds is 10. The summed E-state index contributed by atoms with van der Waals surface area (Å²) in [6.07, 6.45) is 4.88. The van der Waals surface area contributed by atoms with Gasteiger partial charge in [-0.15, -0.1) is 0 Å². The van der Waals surface area contributed by atoms with Crippen LogP contribution in [-0.4, -0.2) is 60.6 Å². The molecule has 3 aromatic rings. The normalized spacial score (nSPS) is 15.1. The van der Waals surface area contributed by atoms with E-state index in [1.807, 2.05) is 18.2 Å². The Hall–Kier alpha value is -4.28. The van der Waals surface area contributed by atoms with Crippen LogP contribution in [0.25, 0.3) is 0 Å². The van der Waals surface area contributed by atoms with Gasteiger partial charge in [0, 0.05) is 56.2 Å². The van der Waals surface area contributed by atoms with Crippen LogP contribution >= 0.6 is 11.6 Å². The molecule has 4 N–H and O–H groups in total. The lowest BCUT2D eigenvalue weighted by molar-refractivity contribution is -0.111. The Labute approximate surface area is 244 Å². The Bertz CT molecular complexity index is 1420. The summed E-state index contributed by atoms with van der Waals surface area (Å²) in [7, 11) is 0. The Kier molecular flexibility index (Phi) is 8.91. The number of likely N-dealkylation sites (N-methyl/N-ethyl adjacent to an activating group) is 1. The molecule has 1 aliphatic carbocycles. The SMILES string of the molecule is C=CC(=O)Nc1cc(N2CCN(CC)CC2)ccc1Nc1cc(Oc2ccc(NC(=O)NC3CC3)c(Cl)c2)ccn1. The van der Waals surface area contributed by atoms with Crippen molar-refractivity contribution in [3.05, 3.63) is 72.4 Å². The van der Waals surface area contributed by atoms with Crippen molar-refractivity contribution in [2.75, 3.05) is 53.6 Å². The average molecular weight is 576 g/mol. The molecule has 0 spiro atoms. The number of ether oxygens (including phenoxy) is 1. The van der Waals surface area contributed by atoms with Gasteiger partial charge in [-0.2, -0.15) is 0 Å². The second kappa shape index (κ2) is 12.9. The molecule has 0 bridgehead atoms. The van der Waals surface area contributed by atoms with Crippen LogP contribution < -0.4 is 30.9 Å². The van der Waals surface area contributed by atoms with Crippen LogP contribution in [0.3, 0.4) is 0 Å². The number of aromatic nitrogens is 1. The van der Waals surface area contributed by atoms with E-state index in [0.29, 0.717) is 39.4 Å². The van der Waals surface area contributed by atoms with Crippen LogP contribution in [0.15, 0.2) is 67.4 Å². The minimum atomic E-state index is -0.300. The quantitative estimate of drug-likeness (QED) is 0.225. The van der Waals surface area contributed by atoms with Crippen molar-refractivity contribution in [3.63, 3.8) is 0 Å². The smallest absolute Gasteiger partial charge is 0.319 e. The molecule has 11 heteroatoms. The number of urea groups is 1. The lowest BCUT2D eigenvalue weighted by Crippen LogP contribution is -2.46. The molecular formula is C30H34ClN7O3. The van der Waals surface area contributed by atoms with E-state index in [9.17, 15) is 9.59 Å². The first-order valence-electron chi connectivity index (χ1n) is 13.7. The van der Waals surface area contributed by atoms with Gasteiger partial charge in [0.25, 0.3) is 0 Å². The summed E-state index contributed by atoms with van der Waals surface area (Å²) in [5.74, 6) is 1.27. The van der Waals surface area contributed by atoms with Gasteiger partial charge < -0.3 is 35.8 Å². The number of halogens is 1. The topological polar surface area (TPSA) is 111 Å². The van der Waals surface area contributed by atoms with Gasteiger partial charge in [-0.25, -0.2) is 9.78 Å². The minimum Gasteiger partial charge on any atom is -0.457 e. The first kappa shape index (κ1) is 28.3. The number of pyridine rings is 1. The van der Waals surface area contributed by atoms with Crippen LogP contribution in [0.1, 0.15) is 19.8 Å². The molecule has 1 aliphatic heterocycles. The molecule has 3 amide bonds. The van der Waals surface area contributed by atoms with E-state index in [2.05, 4.69) is 49.6 Å². The summed E-state index contributed by atoms with van der Waals surface area (Å²) < 4.78 is 6.01. The molecule has 214 valence electrons. The summed E-state index contributed by atoms with van der Waals surface area (Å²) in [6, 6.07) is 14.5. The third-order valence-electron chi connectivity index (χ3n) is 6.96. The summed E-state index contributed by atoms with van der Waals surface area (Å²) in [4.78, 5) is 33.4. The van der Waals surface area contributed by atoms with E-state index in [1.165, 1.54) is 6.08 Å². The predicted octanol–water partition coefficient (Wildman–Crippen LogP) is 5.82. The maximum Gasteiger partial charge on any atom is 0.319 e. The zero-order valence-corrected chi connectivity index (χ0v) is 23.7. The van der Waals surface area contributed by atoms with Gasteiger partial charge in [0.1, 0.15) is 17.3 Å². The Morgan fingerprint density at radius 1 is 1.00 bits per heavy atom. The van der Waals surface area contributed by atoms with Gasteiger partial charge in [0.15, 0.2) is 0 Å².